The van der Waals surface area contributed by atoms with Crippen molar-refractivity contribution < 1.29 is 28.5 Å². The fourth-order valence-corrected chi connectivity index (χ4v) is 3.25. The van der Waals surface area contributed by atoms with Crippen LogP contribution in [0, 0.1) is 5.41 Å². The third-order valence-corrected chi connectivity index (χ3v) is 4.78. The highest BCUT2D eigenvalue weighted by molar-refractivity contribution is 6.30. The fraction of sp³-hybridized carbons (Fsp3) is 0.400. The molecular formula is C20H21ClO6. The third-order valence-electron chi connectivity index (χ3n) is 4.52. The van der Waals surface area contributed by atoms with Crippen LogP contribution in [0.5, 0.6) is 0 Å². The molecule has 0 N–H and O–H groups in total. The second kappa shape index (κ2) is 7.11. The number of esters is 2. The van der Waals surface area contributed by atoms with Gasteiger partial charge in [-0.1, -0.05) is 37.6 Å². The van der Waals surface area contributed by atoms with Crippen LogP contribution >= 0.6 is 11.6 Å². The fourth-order valence-electron chi connectivity index (χ4n) is 3.12. The van der Waals surface area contributed by atoms with Crippen LogP contribution in [0.3, 0.4) is 0 Å². The van der Waals surface area contributed by atoms with E-state index in [0.717, 1.165) is 0 Å². The van der Waals surface area contributed by atoms with Gasteiger partial charge in [0.15, 0.2) is 0 Å². The SMILES string of the molecule is COC(=O)C1=C(C(=O)OC)C2(OCC(C)(C)CO2)C(c2ccc(Cl)cc2)=C1. The number of carbonyl (C=O) groups excluding carboxylic acids is 2. The molecule has 0 saturated carbocycles. The van der Waals surface area contributed by atoms with Crippen molar-refractivity contribution in [2.24, 2.45) is 5.41 Å². The molecule has 1 aliphatic heterocycles. The minimum atomic E-state index is -1.54. The van der Waals surface area contributed by atoms with E-state index in [1.165, 1.54) is 14.2 Å². The summed E-state index contributed by atoms with van der Waals surface area (Å²) in [5.41, 5.74) is 1.02. The summed E-state index contributed by atoms with van der Waals surface area (Å²) in [4.78, 5) is 25.0. The first kappa shape index (κ1) is 19.6. The Bertz CT molecular complexity index is 825. The maximum atomic E-state index is 12.6. The van der Waals surface area contributed by atoms with Gasteiger partial charge in [-0.3, -0.25) is 0 Å². The molecule has 1 spiro atoms. The molecule has 144 valence electrons. The molecule has 0 bridgehead atoms. The monoisotopic (exact) mass is 392 g/mol. The molecule has 6 nitrogen and oxygen atoms in total. The van der Waals surface area contributed by atoms with E-state index in [9.17, 15) is 9.59 Å². The lowest BCUT2D eigenvalue weighted by molar-refractivity contribution is -0.245. The number of benzene rings is 1. The molecule has 0 unspecified atom stereocenters. The van der Waals surface area contributed by atoms with Crippen molar-refractivity contribution in [1.82, 2.24) is 0 Å². The minimum absolute atomic E-state index is 0.0164. The predicted molar refractivity (Wildman–Crippen MR) is 98.9 cm³/mol. The number of carbonyl (C=O) groups is 2. The first-order valence-corrected chi connectivity index (χ1v) is 8.79. The standard InChI is InChI=1S/C20H21ClO6/c1-19(2)10-26-20(27-11-19)15(12-5-7-13(21)8-6-12)9-14(17(22)24-3)16(20)18(23)25-4/h5-9H,10-11H2,1-4H3. The predicted octanol–water partition coefficient (Wildman–Crippen LogP) is 3.15. The van der Waals surface area contributed by atoms with Crippen LogP contribution in [-0.2, 0) is 28.5 Å². The lowest BCUT2D eigenvalue weighted by Crippen LogP contribution is -2.50. The van der Waals surface area contributed by atoms with Crippen molar-refractivity contribution in [3.63, 3.8) is 0 Å². The summed E-state index contributed by atoms with van der Waals surface area (Å²) in [5, 5.41) is 0.562. The van der Waals surface area contributed by atoms with E-state index in [1.807, 2.05) is 13.8 Å². The molecule has 1 fully saturated rings. The van der Waals surface area contributed by atoms with Gasteiger partial charge in [0.05, 0.1) is 33.0 Å². The Labute approximate surface area is 162 Å². The zero-order chi connectivity index (χ0) is 19.8. The largest absolute Gasteiger partial charge is 0.465 e. The van der Waals surface area contributed by atoms with Gasteiger partial charge in [-0.25, -0.2) is 9.59 Å². The highest BCUT2D eigenvalue weighted by Crippen LogP contribution is 2.49. The molecule has 1 aliphatic carbocycles. The topological polar surface area (TPSA) is 71.1 Å². The van der Waals surface area contributed by atoms with E-state index >= 15 is 0 Å². The average Bonchev–Trinajstić information content (AvgIpc) is 2.99. The van der Waals surface area contributed by atoms with Crippen LogP contribution in [0.25, 0.3) is 5.57 Å². The van der Waals surface area contributed by atoms with Crippen molar-refractivity contribution in [2.75, 3.05) is 27.4 Å². The molecule has 1 aromatic rings. The summed E-state index contributed by atoms with van der Waals surface area (Å²) in [7, 11) is 2.49. The van der Waals surface area contributed by atoms with Gasteiger partial charge < -0.3 is 18.9 Å². The van der Waals surface area contributed by atoms with Crippen LogP contribution in [-0.4, -0.2) is 45.2 Å². The number of rotatable bonds is 3. The quantitative estimate of drug-likeness (QED) is 0.736. The smallest absolute Gasteiger partial charge is 0.340 e. The molecular weight excluding hydrogens is 372 g/mol. The zero-order valence-electron chi connectivity index (χ0n) is 15.6. The lowest BCUT2D eigenvalue weighted by Gasteiger charge is -2.43. The summed E-state index contributed by atoms with van der Waals surface area (Å²) >= 11 is 6.00. The van der Waals surface area contributed by atoms with Crippen molar-refractivity contribution in [3.8, 4) is 0 Å². The maximum Gasteiger partial charge on any atom is 0.340 e. The summed E-state index contributed by atoms with van der Waals surface area (Å²) in [6.45, 7) is 4.63. The summed E-state index contributed by atoms with van der Waals surface area (Å²) in [6, 6.07) is 6.98. The van der Waals surface area contributed by atoms with Gasteiger partial charge >= 0.3 is 11.9 Å². The summed E-state index contributed by atoms with van der Waals surface area (Å²) in [5.74, 6) is -2.92. The number of halogens is 1. The van der Waals surface area contributed by atoms with Gasteiger partial charge in [0, 0.05) is 16.0 Å². The Kier molecular flexibility index (Phi) is 5.16. The van der Waals surface area contributed by atoms with Gasteiger partial charge in [0.1, 0.15) is 5.57 Å². The number of hydrogen-bond acceptors (Lipinski definition) is 6. The van der Waals surface area contributed by atoms with E-state index in [4.69, 9.17) is 30.5 Å². The molecule has 1 saturated heterocycles. The Balaban J connectivity index is 2.19. The van der Waals surface area contributed by atoms with Gasteiger partial charge in [-0.2, -0.15) is 0 Å². The molecule has 27 heavy (non-hydrogen) atoms. The number of methoxy groups -OCH3 is 2. The van der Waals surface area contributed by atoms with Crippen molar-refractivity contribution in [1.29, 1.82) is 0 Å². The Morgan fingerprint density at radius 3 is 2.07 bits per heavy atom. The van der Waals surface area contributed by atoms with Crippen molar-refractivity contribution >= 4 is 29.1 Å². The maximum absolute atomic E-state index is 12.6. The Morgan fingerprint density at radius 1 is 1.00 bits per heavy atom. The second-order valence-electron chi connectivity index (χ2n) is 7.19. The molecule has 0 radical (unpaired) electrons. The van der Waals surface area contributed by atoms with Crippen molar-refractivity contribution in [3.05, 3.63) is 52.1 Å². The van der Waals surface area contributed by atoms with E-state index in [1.54, 1.807) is 30.3 Å². The van der Waals surface area contributed by atoms with E-state index in [2.05, 4.69) is 0 Å². The summed E-state index contributed by atoms with van der Waals surface area (Å²) in [6.07, 6.45) is 1.56. The lowest BCUT2D eigenvalue weighted by atomic mass is 9.90. The molecule has 1 aromatic carbocycles. The van der Waals surface area contributed by atoms with Crippen LogP contribution in [0.2, 0.25) is 5.02 Å². The molecule has 7 heteroatoms. The first-order chi connectivity index (χ1) is 12.7. The van der Waals surface area contributed by atoms with Crippen LogP contribution in [0.1, 0.15) is 19.4 Å². The molecule has 0 aromatic heterocycles. The first-order valence-electron chi connectivity index (χ1n) is 8.41. The highest BCUT2D eigenvalue weighted by atomic mass is 35.5. The van der Waals surface area contributed by atoms with Gasteiger partial charge in [0.2, 0.25) is 5.79 Å². The highest BCUT2D eigenvalue weighted by Gasteiger charge is 2.55. The molecule has 0 atom stereocenters. The minimum Gasteiger partial charge on any atom is -0.465 e. The second-order valence-corrected chi connectivity index (χ2v) is 7.63. The number of ether oxygens (including phenoxy) is 4. The van der Waals surface area contributed by atoms with E-state index < -0.39 is 17.7 Å². The summed E-state index contributed by atoms with van der Waals surface area (Å²) < 4.78 is 22.0. The molecule has 0 amide bonds. The van der Waals surface area contributed by atoms with Crippen LogP contribution in [0.4, 0.5) is 0 Å². The van der Waals surface area contributed by atoms with E-state index in [0.29, 0.717) is 29.4 Å². The molecule has 3 rings (SSSR count). The zero-order valence-corrected chi connectivity index (χ0v) is 16.4. The van der Waals surface area contributed by atoms with Gasteiger partial charge in [0.25, 0.3) is 0 Å². The molecule has 2 aliphatic rings. The van der Waals surface area contributed by atoms with E-state index in [-0.39, 0.29) is 16.6 Å². The normalized spacial score (nSPS) is 20.4. The average molecular weight is 393 g/mol. The number of hydrogen-bond donors (Lipinski definition) is 0. The Hall–Kier alpha value is -2.15. The third kappa shape index (κ3) is 3.40. The molecule has 1 heterocycles. The van der Waals surface area contributed by atoms with Crippen molar-refractivity contribution in [2.45, 2.75) is 19.6 Å². The van der Waals surface area contributed by atoms with Gasteiger partial charge in [-0.15, -0.1) is 0 Å². The van der Waals surface area contributed by atoms with Crippen LogP contribution < -0.4 is 0 Å². The Morgan fingerprint density at radius 2 is 1.56 bits per heavy atom. The van der Waals surface area contributed by atoms with Gasteiger partial charge in [-0.05, 0) is 23.8 Å². The van der Waals surface area contributed by atoms with Crippen LogP contribution in [0.15, 0.2) is 41.5 Å².